The first-order valence-corrected chi connectivity index (χ1v) is 5.82. The van der Waals surface area contributed by atoms with E-state index in [4.69, 9.17) is 0 Å². The van der Waals surface area contributed by atoms with Gasteiger partial charge in [0.05, 0.1) is 6.54 Å². The molecule has 0 atom stereocenters. The Kier molecular flexibility index (Phi) is 3.08. The number of nitrogens with zero attached hydrogens (tertiary/aromatic N) is 4. The highest BCUT2D eigenvalue weighted by atomic mass is 16.2. The summed E-state index contributed by atoms with van der Waals surface area (Å²) in [5.74, 6) is 0.758. The minimum atomic E-state index is -0.349. The number of aryl methyl sites for hydroxylation is 2. The zero-order valence-electron chi connectivity index (χ0n) is 11.0. The van der Waals surface area contributed by atoms with Crippen molar-refractivity contribution in [2.45, 2.75) is 20.0 Å². The largest absolute Gasteiger partial charge is 0.332 e. The molecule has 2 aromatic heterocycles. The van der Waals surface area contributed by atoms with Gasteiger partial charge in [-0.05, 0) is 14.0 Å². The molecule has 0 unspecified atom stereocenters. The van der Waals surface area contributed by atoms with E-state index in [1.54, 1.807) is 7.05 Å². The van der Waals surface area contributed by atoms with E-state index in [0.29, 0.717) is 24.3 Å². The molecule has 7 nitrogen and oxygen atoms in total. The Labute approximate surface area is 104 Å². The summed E-state index contributed by atoms with van der Waals surface area (Å²) in [6.07, 6.45) is 0. The monoisotopic (exact) mass is 251 g/mol. The van der Waals surface area contributed by atoms with Crippen LogP contribution in [-0.4, -0.2) is 25.7 Å². The van der Waals surface area contributed by atoms with Crippen LogP contribution in [0.15, 0.2) is 9.59 Å². The first-order chi connectivity index (χ1) is 8.52. The van der Waals surface area contributed by atoms with Gasteiger partial charge >= 0.3 is 5.69 Å². The Bertz CT molecular complexity index is 707. The molecule has 2 rings (SSSR count). The van der Waals surface area contributed by atoms with E-state index < -0.39 is 0 Å². The van der Waals surface area contributed by atoms with Crippen molar-refractivity contribution in [3.8, 4) is 0 Å². The Morgan fingerprint density at radius 2 is 1.89 bits per heavy atom. The minimum absolute atomic E-state index is 0.335. The molecule has 2 aromatic rings. The summed E-state index contributed by atoms with van der Waals surface area (Å²) < 4.78 is 4.43. The molecule has 0 aromatic carbocycles. The molecule has 0 amide bonds. The average Bonchev–Trinajstić information content (AvgIpc) is 2.73. The van der Waals surface area contributed by atoms with Gasteiger partial charge in [0.15, 0.2) is 5.52 Å². The van der Waals surface area contributed by atoms with Crippen LogP contribution in [0, 0.1) is 0 Å². The standard InChI is InChI=1S/C11H17N5O2/c1-5-16-7(6-12-2)13-8-9(16)14(3)11(18)15(4)10(8)17/h12H,5-6H2,1-4H3. The van der Waals surface area contributed by atoms with E-state index in [1.807, 2.05) is 18.5 Å². The molecule has 0 aliphatic heterocycles. The van der Waals surface area contributed by atoms with E-state index in [1.165, 1.54) is 11.6 Å². The van der Waals surface area contributed by atoms with Gasteiger partial charge in [-0.15, -0.1) is 0 Å². The summed E-state index contributed by atoms with van der Waals surface area (Å²) in [5.41, 5.74) is 0.235. The summed E-state index contributed by atoms with van der Waals surface area (Å²) in [6, 6.07) is 0. The van der Waals surface area contributed by atoms with Gasteiger partial charge in [-0.3, -0.25) is 13.9 Å². The van der Waals surface area contributed by atoms with Crippen LogP contribution in [0.3, 0.4) is 0 Å². The van der Waals surface area contributed by atoms with Gasteiger partial charge in [0.1, 0.15) is 11.5 Å². The zero-order valence-corrected chi connectivity index (χ0v) is 11.0. The lowest BCUT2D eigenvalue weighted by atomic mass is 10.5. The Morgan fingerprint density at radius 3 is 2.44 bits per heavy atom. The van der Waals surface area contributed by atoms with Crippen LogP contribution in [0.2, 0.25) is 0 Å². The summed E-state index contributed by atoms with van der Waals surface area (Å²) in [4.78, 5) is 28.3. The highest BCUT2D eigenvalue weighted by Gasteiger charge is 2.17. The van der Waals surface area contributed by atoms with Crippen molar-refractivity contribution < 1.29 is 0 Å². The maximum absolute atomic E-state index is 12.0. The molecule has 0 aliphatic carbocycles. The molecular weight excluding hydrogens is 234 g/mol. The number of rotatable bonds is 3. The second-order valence-electron chi connectivity index (χ2n) is 4.18. The van der Waals surface area contributed by atoms with Crippen molar-refractivity contribution >= 4 is 11.2 Å². The Balaban J connectivity index is 2.98. The van der Waals surface area contributed by atoms with E-state index >= 15 is 0 Å². The van der Waals surface area contributed by atoms with Crippen LogP contribution in [0.25, 0.3) is 11.2 Å². The molecule has 0 radical (unpaired) electrons. The quantitative estimate of drug-likeness (QED) is 0.773. The van der Waals surface area contributed by atoms with Crippen molar-refractivity contribution in [1.29, 1.82) is 0 Å². The Morgan fingerprint density at radius 1 is 1.22 bits per heavy atom. The fraction of sp³-hybridized carbons (Fsp3) is 0.545. The van der Waals surface area contributed by atoms with Crippen molar-refractivity contribution in [2.75, 3.05) is 7.05 Å². The van der Waals surface area contributed by atoms with Gasteiger partial charge in [-0.1, -0.05) is 0 Å². The fourth-order valence-electron chi connectivity index (χ4n) is 2.16. The molecule has 18 heavy (non-hydrogen) atoms. The van der Waals surface area contributed by atoms with Gasteiger partial charge in [0, 0.05) is 20.6 Å². The highest BCUT2D eigenvalue weighted by Crippen LogP contribution is 2.10. The van der Waals surface area contributed by atoms with Crippen molar-refractivity contribution in [3.63, 3.8) is 0 Å². The lowest BCUT2D eigenvalue weighted by Gasteiger charge is -2.08. The van der Waals surface area contributed by atoms with E-state index in [2.05, 4.69) is 10.3 Å². The van der Waals surface area contributed by atoms with E-state index in [0.717, 1.165) is 10.4 Å². The normalized spacial score (nSPS) is 11.3. The van der Waals surface area contributed by atoms with Crippen LogP contribution >= 0.6 is 0 Å². The van der Waals surface area contributed by atoms with Crippen LogP contribution in [0.1, 0.15) is 12.7 Å². The Hall–Kier alpha value is -1.89. The SMILES string of the molecule is CCn1c(CNC)nc2c(=O)n(C)c(=O)n(C)c21. The lowest BCUT2D eigenvalue weighted by Crippen LogP contribution is -2.37. The minimum Gasteiger partial charge on any atom is -0.313 e. The smallest absolute Gasteiger partial charge is 0.313 e. The molecule has 0 saturated heterocycles. The van der Waals surface area contributed by atoms with Gasteiger partial charge < -0.3 is 9.88 Å². The maximum atomic E-state index is 12.0. The third kappa shape index (κ3) is 1.59. The molecule has 1 N–H and O–H groups in total. The van der Waals surface area contributed by atoms with Crippen LogP contribution < -0.4 is 16.6 Å². The number of hydrogen-bond acceptors (Lipinski definition) is 4. The molecule has 0 bridgehead atoms. The summed E-state index contributed by atoms with van der Waals surface area (Å²) in [6.45, 7) is 3.18. The first-order valence-electron chi connectivity index (χ1n) is 5.82. The first kappa shape index (κ1) is 12.6. The van der Waals surface area contributed by atoms with Crippen LogP contribution in [-0.2, 0) is 27.2 Å². The second kappa shape index (κ2) is 4.41. The maximum Gasteiger partial charge on any atom is 0.332 e. The fourth-order valence-corrected chi connectivity index (χ4v) is 2.16. The van der Waals surface area contributed by atoms with Crippen molar-refractivity contribution in [2.24, 2.45) is 14.1 Å². The van der Waals surface area contributed by atoms with Gasteiger partial charge in [0.2, 0.25) is 0 Å². The third-order valence-corrected chi connectivity index (χ3v) is 3.07. The summed E-state index contributed by atoms with van der Waals surface area (Å²) >= 11 is 0. The van der Waals surface area contributed by atoms with E-state index in [-0.39, 0.29) is 11.2 Å². The number of fused-ring (bicyclic) bond motifs is 1. The molecule has 0 aliphatic rings. The highest BCUT2D eigenvalue weighted by molar-refractivity contribution is 5.70. The van der Waals surface area contributed by atoms with E-state index in [9.17, 15) is 9.59 Å². The molecular formula is C11H17N5O2. The molecule has 0 spiro atoms. The predicted molar refractivity (Wildman–Crippen MR) is 68.7 cm³/mol. The predicted octanol–water partition coefficient (Wildman–Crippen LogP) is -0.827. The van der Waals surface area contributed by atoms with Crippen LogP contribution in [0.4, 0.5) is 0 Å². The molecule has 0 saturated carbocycles. The van der Waals surface area contributed by atoms with Gasteiger partial charge in [-0.2, -0.15) is 0 Å². The van der Waals surface area contributed by atoms with Crippen LogP contribution in [0.5, 0.6) is 0 Å². The van der Waals surface area contributed by atoms with Crippen molar-refractivity contribution in [1.82, 2.24) is 24.0 Å². The van der Waals surface area contributed by atoms with Gasteiger partial charge in [0.25, 0.3) is 5.56 Å². The lowest BCUT2D eigenvalue weighted by molar-refractivity contribution is 0.644. The molecule has 0 fully saturated rings. The average molecular weight is 251 g/mol. The third-order valence-electron chi connectivity index (χ3n) is 3.07. The molecule has 2 heterocycles. The second-order valence-corrected chi connectivity index (χ2v) is 4.18. The topological polar surface area (TPSA) is 73.8 Å². The molecule has 98 valence electrons. The number of imidazole rings is 1. The number of nitrogens with one attached hydrogen (secondary N) is 1. The number of aromatic nitrogens is 4. The van der Waals surface area contributed by atoms with Crippen molar-refractivity contribution in [3.05, 3.63) is 26.7 Å². The molecule has 7 heteroatoms. The number of hydrogen-bond donors (Lipinski definition) is 1. The summed E-state index contributed by atoms with van der Waals surface area (Å²) in [7, 11) is 4.93. The zero-order chi connectivity index (χ0) is 13.4. The van der Waals surface area contributed by atoms with Gasteiger partial charge in [-0.25, -0.2) is 9.78 Å². The summed E-state index contributed by atoms with van der Waals surface area (Å²) in [5, 5.41) is 3.01.